The van der Waals surface area contributed by atoms with Crippen molar-refractivity contribution in [1.82, 2.24) is 9.88 Å². The summed E-state index contributed by atoms with van der Waals surface area (Å²) >= 11 is 5.97. The summed E-state index contributed by atoms with van der Waals surface area (Å²) in [7, 11) is 0. The first kappa shape index (κ1) is 17.7. The molecule has 0 N–H and O–H groups in total. The van der Waals surface area contributed by atoms with E-state index in [-0.39, 0.29) is 11.9 Å². The van der Waals surface area contributed by atoms with Gasteiger partial charge in [-0.2, -0.15) is 0 Å². The lowest BCUT2D eigenvalue weighted by atomic mass is 10.1. The smallest absolute Gasteiger partial charge is 0.254 e. The maximum Gasteiger partial charge on any atom is 0.254 e. The quantitative estimate of drug-likeness (QED) is 0.618. The maximum atomic E-state index is 12.9. The molecule has 2 aromatic carbocycles. The Kier molecular flexibility index (Phi) is 5.21. The van der Waals surface area contributed by atoms with Crippen molar-refractivity contribution in [2.75, 3.05) is 6.54 Å². The van der Waals surface area contributed by atoms with E-state index in [1.807, 2.05) is 77.7 Å². The number of hydrogen-bond donors (Lipinski definition) is 0. The number of carbonyl (C=O) groups is 1. The van der Waals surface area contributed by atoms with Crippen LogP contribution >= 0.6 is 11.6 Å². The van der Waals surface area contributed by atoms with Crippen LogP contribution in [0.25, 0.3) is 0 Å². The van der Waals surface area contributed by atoms with Crippen molar-refractivity contribution in [2.24, 2.45) is 0 Å². The van der Waals surface area contributed by atoms with Crippen molar-refractivity contribution in [1.29, 1.82) is 0 Å². The minimum absolute atomic E-state index is 0.0443. The Balaban J connectivity index is 1.55. The number of nitrogens with zero attached hydrogens (tertiary/aromatic N) is 2. The third-order valence-corrected chi connectivity index (χ3v) is 5.25. The third kappa shape index (κ3) is 4.04. The van der Waals surface area contributed by atoms with Gasteiger partial charge < -0.3 is 4.90 Å². The Morgan fingerprint density at radius 1 is 1.00 bits per heavy atom. The second-order valence-electron chi connectivity index (χ2n) is 6.88. The molecule has 0 aliphatic carbocycles. The molecule has 0 radical (unpaired) electrons. The molecule has 1 aliphatic heterocycles. The minimum atomic E-state index is 0.0443. The number of amides is 1. The molecule has 3 aromatic rings. The van der Waals surface area contributed by atoms with E-state index in [4.69, 9.17) is 16.6 Å². The molecule has 4 rings (SSSR count). The molecule has 1 aliphatic rings. The number of pyridine rings is 1. The van der Waals surface area contributed by atoms with Crippen LogP contribution in [-0.4, -0.2) is 22.3 Å². The van der Waals surface area contributed by atoms with Gasteiger partial charge in [-0.15, -0.1) is 0 Å². The number of carbonyl (C=O) groups excluding carboxylic acids is 1. The molecule has 4 heteroatoms. The highest BCUT2D eigenvalue weighted by Gasteiger charge is 2.31. The van der Waals surface area contributed by atoms with Crippen LogP contribution in [0.15, 0.2) is 72.8 Å². The van der Waals surface area contributed by atoms with E-state index < -0.39 is 0 Å². The molecule has 0 bridgehead atoms. The SMILES string of the molecule is O=C(c1ccccc1)N1CCCC1c1cccc(Cc2ccc(Cl)cc2)n1. The average Bonchev–Trinajstić information content (AvgIpc) is 3.20. The van der Waals surface area contributed by atoms with Crippen LogP contribution in [-0.2, 0) is 6.42 Å². The van der Waals surface area contributed by atoms with Gasteiger partial charge in [0, 0.05) is 29.2 Å². The lowest BCUT2D eigenvalue weighted by molar-refractivity contribution is 0.0733. The molecule has 1 amide bonds. The van der Waals surface area contributed by atoms with Gasteiger partial charge in [-0.05, 0) is 54.8 Å². The highest BCUT2D eigenvalue weighted by molar-refractivity contribution is 6.30. The summed E-state index contributed by atoms with van der Waals surface area (Å²) in [5.41, 5.74) is 3.89. The van der Waals surface area contributed by atoms with E-state index in [0.29, 0.717) is 0 Å². The number of halogens is 1. The third-order valence-electron chi connectivity index (χ3n) is 5.00. The lowest BCUT2D eigenvalue weighted by Gasteiger charge is -2.25. The van der Waals surface area contributed by atoms with Gasteiger partial charge in [-0.25, -0.2) is 0 Å². The summed E-state index contributed by atoms with van der Waals surface area (Å²) in [6.07, 6.45) is 2.71. The summed E-state index contributed by atoms with van der Waals surface area (Å²) in [6, 6.07) is 23.5. The van der Waals surface area contributed by atoms with Crippen molar-refractivity contribution < 1.29 is 4.79 Å². The Labute approximate surface area is 164 Å². The van der Waals surface area contributed by atoms with E-state index in [1.165, 1.54) is 5.56 Å². The van der Waals surface area contributed by atoms with Gasteiger partial charge in [-0.3, -0.25) is 9.78 Å². The van der Waals surface area contributed by atoms with Gasteiger partial charge >= 0.3 is 0 Å². The van der Waals surface area contributed by atoms with Gasteiger partial charge in [0.25, 0.3) is 5.91 Å². The molecule has 1 unspecified atom stereocenters. The Morgan fingerprint density at radius 3 is 2.56 bits per heavy atom. The van der Waals surface area contributed by atoms with E-state index >= 15 is 0 Å². The minimum Gasteiger partial charge on any atom is -0.330 e. The van der Waals surface area contributed by atoms with E-state index in [2.05, 4.69) is 0 Å². The number of aromatic nitrogens is 1. The zero-order valence-corrected chi connectivity index (χ0v) is 15.8. The van der Waals surface area contributed by atoms with Crippen LogP contribution < -0.4 is 0 Å². The molecule has 2 heterocycles. The summed E-state index contributed by atoms with van der Waals surface area (Å²) in [5, 5.41) is 0.737. The Bertz CT molecular complexity index is 925. The zero-order chi connectivity index (χ0) is 18.6. The number of rotatable bonds is 4. The first-order valence-electron chi connectivity index (χ1n) is 9.27. The van der Waals surface area contributed by atoms with Gasteiger partial charge in [-0.1, -0.05) is 48.0 Å². The summed E-state index contributed by atoms with van der Waals surface area (Å²) in [5.74, 6) is 0.0861. The molecule has 0 spiro atoms. The van der Waals surface area contributed by atoms with Gasteiger partial charge in [0.1, 0.15) is 0 Å². The zero-order valence-electron chi connectivity index (χ0n) is 15.0. The highest BCUT2D eigenvalue weighted by atomic mass is 35.5. The molecule has 27 heavy (non-hydrogen) atoms. The summed E-state index contributed by atoms with van der Waals surface area (Å²) < 4.78 is 0. The first-order valence-corrected chi connectivity index (χ1v) is 9.65. The normalized spacial score (nSPS) is 16.5. The first-order chi connectivity index (χ1) is 13.2. The summed E-state index contributed by atoms with van der Waals surface area (Å²) in [6.45, 7) is 0.779. The van der Waals surface area contributed by atoms with Crippen LogP contribution in [0, 0.1) is 0 Å². The molecular formula is C23H21ClN2O. The van der Waals surface area contributed by atoms with Crippen molar-refractivity contribution in [3.63, 3.8) is 0 Å². The molecule has 0 saturated carbocycles. The second kappa shape index (κ2) is 7.93. The van der Waals surface area contributed by atoms with Gasteiger partial charge in [0.05, 0.1) is 11.7 Å². The molecular weight excluding hydrogens is 356 g/mol. The molecule has 136 valence electrons. The number of likely N-dealkylation sites (tertiary alicyclic amines) is 1. The Morgan fingerprint density at radius 2 is 1.78 bits per heavy atom. The van der Waals surface area contributed by atoms with Gasteiger partial charge in [0.15, 0.2) is 0 Å². The van der Waals surface area contributed by atoms with Crippen molar-refractivity contribution >= 4 is 17.5 Å². The topological polar surface area (TPSA) is 33.2 Å². The molecule has 1 aromatic heterocycles. The Hall–Kier alpha value is -2.65. The summed E-state index contributed by atoms with van der Waals surface area (Å²) in [4.78, 5) is 19.8. The van der Waals surface area contributed by atoms with E-state index in [9.17, 15) is 4.79 Å². The fourth-order valence-electron chi connectivity index (χ4n) is 3.66. The molecule has 1 atom stereocenters. The van der Waals surface area contributed by atoms with Gasteiger partial charge in [0.2, 0.25) is 0 Å². The maximum absolute atomic E-state index is 12.9. The van der Waals surface area contributed by atoms with Crippen LogP contribution in [0.5, 0.6) is 0 Å². The van der Waals surface area contributed by atoms with Crippen molar-refractivity contribution in [3.05, 3.63) is 100 Å². The van der Waals surface area contributed by atoms with Crippen LogP contribution in [0.2, 0.25) is 5.02 Å². The monoisotopic (exact) mass is 376 g/mol. The standard InChI is InChI=1S/C23H21ClN2O/c24-19-13-11-17(12-14-19)16-20-8-4-9-21(25-20)22-10-5-15-26(22)23(27)18-6-2-1-3-7-18/h1-4,6-9,11-14,22H,5,10,15-16H2. The second-order valence-corrected chi connectivity index (χ2v) is 7.32. The molecule has 1 saturated heterocycles. The van der Waals surface area contributed by atoms with Crippen LogP contribution in [0.3, 0.4) is 0 Å². The van der Waals surface area contributed by atoms with Crippen LogP contribution in [0.1, 0.15) is 46.2 Å². The van der Waals surface area contributed by atoms with Crippen molar-refractivity contribution in [3.8, 4) is 0 Å². The molecule has 3 nitrogen and oxygen atoms in total. The highest BCUT2D eigenvalue weighted by Crippen LogP contribution is 2.32. The largest absolute Gasteiger partial charge is 0.330 e. The number of hydrogen-bond acceptors (Lipinski definition) is 2. The average molecular weight is 377 g/mol. The lowest BCUT2D eigenvalue weighted by Crippen LogP contribution is -2.31. The predicted octanol–water partition coefficient (Wildman–Crippen LogP) is 5.30. The fourth-order valence-corrected chi connectivity index (χ4v) is 3.78. The van der Waals surface area contributed by atoms with Crippen LogP contribution in [0.4, 0.5) is 0 Å². The van der Waals surface area contributed by atoms with E-state index in [1.54, 1.807) is 0 Å². The molecule has 1 fully saturated rings. The fraction of sp³-hybridized carbons (Fsp3) is 0.217. The van der Waals surface area contributed by atoms with E-state index in [0.717, 1.165) is 47.8 Å². The number of benzene rings is 2. The van der Waals surface area contributed by atoms with Crippen molar-refractivity contribution in [2.45, 2.75) is 25.3 Å². The predicted molar refractivity (Wildman–Crippen MR) is 108 cm³/mol.